The second kappa shape index (κ2) is 6.12. The lowest BCUT2D eigenvalue weighted by Crippen LogP contribution is -2.46. The van der Waals surface area contributed by atoms with E-state index in [4.69, 9.17) is 5.73 Å². The Bertz CT molecular complexity index is 532. The average Bonchev–Trinajstić information content (AvgIpc) is 2.76. The van der Waals surface area contributed by atoms with Crippen molar-refractivity contribution in [3.8, 4) is 0 Å². The number of carbonyl (C=O) groups excluding carboxylic acids is 1. The maximum Gasteiger partial charge on any atom is 0.235 e. The Balaban J connectivity index is 2.02. The van der Waals surface area contributed by atoms with Gasteiger partial charge < -0.3 is 16.0 Å². The fourth-order valence-corrected chi connectivity index (χ4v) is 2.91. The van der Waals surface area contributed by atoms with Crippen molar-refractivity contribution in [1.82, 2.24) is 10.3 Å². The first-order valence-corrected chi connectivity index (χ1v) is 7.30. The van der Waals surface area contributed by atoms with Crippen LogP contribution in [0.5, 0.6) is 0 Å². The molecule has 0 saturated heterocycles. The van der Waals surface area contributed by atoms with Crippen LogP contribution in [0.1, 0.15) is 13.8 Å². The molecule has 1 amide bonds. The Kier molecular flexibility index (Phi) is 4.50. The smallest absolute Gasteiger partial charge is 0.235 e. The minimum atomic E-state index is -0.309. The predicted molar refractivity (Wildman–Crippen MR) is 80.3 cm³/mol. The second-order valence-electron chi connectivity index (χ2n) is 4.81. The van der Waals surface area contributed by atoms with E-state index < -0.39 is 0 Å². The molecule has 0 radical (unpaired) electrons. The van der Waals surface area contributed by atoms with Crippen LogP contribution in [0.4, 0.5) is 0 Å². The Labute approximate surface area is 117 Å². The van der Waals surface area contributed by atoms with Gasteiger partial charge in [0.1, 0.15) is 0 Å². The third-order valence-electron chi connectivity index (χ3n) is 2.79. The van der Waals surface area contributed by atoms with Gasteiger partial charge in [-0.25, -0.2) is 0 Å². The molecule has 1 aromatic carbocycles. The highest BCUT2D eigenvalue weighted by Gasteiger charge is 2.16. The molecule has 2 rings (SSSR count). The van der Waals surface area contributed by atoms with E-state index in [0.29, 0.717) is 5.75 Å². The minimum Gasteiger partial charge on any atom is -0.368 e. The molecule has 4 nitrogen and oxygen atoms in total. The van der Waals surface area contributed by atoms with Gasteiger partial charge in [0.25, 0.3) is 0 Å². The van der Waals surface area contributed by atoms with Gasteiger partial charge in [0, 0.05) is 22.7 Å². The molecule has 0 bridgehead atoms. The van der Waals surface area contributed by atoms with Gasteiger partial charge in [-0.05, 0) is 12.1 Å². The summed E-state index contributed by atoms with van der Waals surface area (Å²) in [7, 11) is 0. The van der Waals surface area contributed by atoms with Gasteiger partial charge in [0.2, 0.25) is 5.91 Å². The number of nitrogens with one attached hydrogen (secondary N) is 2. The number of benzene rings is 1. The highest BCUT2D eigenvalue weighted by Crippen LogP contribution is 2.23. The van der Waals surface area contributed by atoms with Crippen LogP contribution >= 0.6 is 11.8 Å². The molecule has 19 heavy (non-hydrogen) atoms. The van der Waals surface area contributed by atoms with E-state index >= 15 is 0 Å². The van der Waals surface area contributed by atoms with Crippen LogP contribution < -0.4 is 11.1 Å². The van der Waals surface area contributed by atoms with Gasteiger partial charge in [-0.2, -0.15) is 0 Å². The molecule has 0 saturated carbocycles. The van der Waals surface area contributed by atoms with Crippen molar-refractivity contribution >= 4 is 28.6 Å². The van der Waals surface area contributed by atoms with E-state index in [2.05, 4.69) is 22.4 Å². The molecular weight excluding hydrogens is 258 g/mol. The van der Waals surface area contributed by atoms with Crippen LogP contribution in [0.25, 0.3) is 10.9 Å². The van der Waals surface area contributed by atoms with Crippen LogP contribution in [0.2, 0.25) is 0 Å². The minimum absolute atomic E-state index is 0.237. The van der Waals surface area contributed by atoms with Gasteiger partial charge in [-0.1, -0.05) is 32.0 Å². The van der Waals surface area contributed by atoms with Crippen molar-refractivity contribution in [1.29, 1.82) is 0 Å². The van der Waals surface area contributed by atoms with Crippen molar-refractivity contribution in [2.45, 2.75) is 31.0 Å². The van der Waals surface area contributed by atoms with Crippen molar-refractivity contribution < 1.29 is 4.79 Å². The number of hydrogen-bond donors (Lipinski definition) is 3. The average molecular weight is 277 g/mol. The van der Waals surface area contributed by atoms with Crippen molar-refractivity contribution in [2.24, 2.45) is 5.73 Å². The van der Waals surface area contributed by atoms with E-state index in [1.165, 1.54) is 5.39 Å². The first-order valence-electron chi connectivity index (χ1n) is 6.32. The molecule has 2 aromatic rings. The van der Waals surface area contributed by atoms with Gasteiger partial charge in [0.15, 0.2) is 0 Å². The van der Waals surface area contributed by atoms with E-state index in [1.54, 1.807) is 11.8 Å². The lowest BCUT2D eigenvalue weighted by atomic mass is 10.3. The molecule has 102 valence electrons. The Hall–Kier alpha value is -1.46. The fraction of sp³-hybridized carbons (Fsp3) is 0.357. The maximum absolute atomic E-state index is 11.4. The number of amides is 1. The number of carbonyl (C=O) groups is 1. The zero-order chi connectivity index (χ0) is 13.8. The topological polar surface area (TPSA) is 70.9 Å². The summed E-state index contributed by atoms with van der Waals surface area (Å²) in [4.78, 5) is 14.7. The maximum atomic E-state index is 11.4. The van der Waals surface area contributed by atoms with Gasteiger partial charge in [-0.15, -0.1) is 11.8 Å². The molecule has 1 heterocycles. The fourth-order valence-electron chi connectivity index (χ4n) is 1.91. The number of para-hydroxylation sites is 1. The molecular formula is C14H19N3OS. The molecule has 5 heteroatoms. The molecule has 0 aliphatic rings. The highest BCUT2D eigenvalue weighted by atomic mass is 32.2. The van der Waals surface area contributed by atoms with Crippen LogP contribution in [-0.4, -0.2) is 28.7 Å². The zero-order valence-electron chi connectivity index (χ0n) is 11.1. The number of fused-ring (bicyclic) bond motifs is 1. The third-order valence-corrected chi connectivity index (χ3v) is 3.82. The largest absolute Gasteiger partial charge is 0.368 e. The highest BCUT2D eigenvalue weighted by molar-refractivity contribution is 7.99. The number of hydrogen-bond acceptors (Lipinski definition) is 3. The Morgan fingerprint density at radius 1 is 1.42 bits per heavy atom. The van der Waals surface area contributed by atoms with Crippen molar-refractivity contribution in [2.75, 3.05) is 5.75 Å². The number of thioether (sulfide) groups is 1. The summed E-state index contributed by atoms with van der Waals surface area (Å²) < 4.78 is 0. The van der Waals surface area contributed by atoms with E-state index in [1.807, 2.05) is 32.0 Å². The van der Waals surface area contributed by atoms with Crippen molar-refractivity contribution in [3.63, 3.8) is 0 Å². The summed E-state index contributed by atoms with van der Waals surface area (Å²) >= 11 is 1.61. The summed E-state index contributed by atoms with van der Waals surface area (Å²) in [6, 6.07) is 10.1. The molecule has 0 aliphatic carbocycles. The number of H-pyrrole nitrogens is 1. The number of aromatic amines is 1. The standard InChI is InChI=1S/C14H19N3OS/c1-9(2)16-12(14(15)18)8-19-13-7-10-5-3-4-6-11(10)17-13/h3-7,9,12,16-17H,8H2,1-2H3,(H2,15,18). The van der Waals surface area contributed by atoms with E-state index in [-0.39, 0.29) is 18.0 Å². The molecule has 1 atom stereocenters. The number of rotatable bonds is 6. The molecule has 1 aromatic heterocycles. The zero-order valence-corrected chi connectivity index (χ0v) is 12.0. The number of aromatic nitrogens is 1. The first kappa shape index (κ1) is 14.0. The third kappa shape index (κ3) is 3.75. The van der Waals surface area contributed by atoms with Crippen LogP contribution in [0, 0.1) is 0 Å². The first-order chi connectivity index (χ1) is 9.06. The summed E-state index contributed by atoms with van der Waals surface area (Å²) in [5.74, 6) is 0.317. The van der Waals surface area contributed by atoms with E-state index in [0.717, 1.165) is 10.5 Å². The molecule has 1 unspecified atom stereocenters. The van der Waals surface area contributed by atoms with Crippen LogP contribution in [0.15, 0.2) is 35.4 Å². The predicted octanol–water partition coefficient (Wildman–Crippen LogP) is 2.11. The van der Waals surface area contributed by atoms with Gasteiger partial charge in [0.05, 0.1) is 11.1 Å². The molecule has 0 fully saturated rings. The lowest BCUT2D eigenvalue weighted by molar-refractivity contribution is -0.119. The Morgan fingerprint density at radius 2 is 2.16 bits per heavy atom. The number of primary amides is 1. The quantitative estimate of drug-likeness (QED) is 0.708. The van der Waals surface area contributed by atoms with Crippen LogP contribution in [0.3, 0.4) is 0 Å². The normalized spacial score (nSPS) is 13.0. The SMILES string of the molecule is CC(C)NC(CSc1cc2ccccc2[nH]1)C(N)=O. The molecule has 0 aliphatic heterocycles. The van der Waals surface area contributed by atoms with Crippen molar-refractivity contribution in [3.05, 3.63) is 30.3 Å². The number of nitrogens with two attached hydrogens (primary N) is 1. The summed E-state index contributed by atoms with van der Waals surface area (Å²) in [6.07, 6.45) is 0. The summed E-state index contributed by atoms with van der Waals surface area (Å²) in [5.41, 5.74) is 6.51. The summed E-state index contributed by atoms with van der Waals surface area (Å²) in [6.45, 7) is 4.01. The summed E-state index contributed by atoms with van der Waals surface area (Å²) in [5, 5.41) is 5.41. The lowest BCUT2D eigenvalue weighted by Gasteiger charge is -2.17. The van der Waals surface area contributed by atoms with Gasteiger partial charge >= 0.3 is 0 Å². The Morgan fingerprint density at radius 3 is 2.79 bits per heavy atom. The molecule has 0 spiro atoms. The molecule has 4 N–H and O–H groups in total. The monoisotopic (exact) mass is 277 g/mol. The van der Waals surface area contributed by atoms with Crippen LogP contribution in [-0.2, 0) is 4.79 Å². The van der Waals surface area contributed by atoms with Gasteiger partial charge in [-0.3, -0.25) is 4.79 Å². The second-order valence-corrected chi connectivity index (χ2v) is 5.87. The van der Waals surface area contributed by atoms with E-state index in [9.17, 15) is 4.79 Å².